The molecule has 0 aromatic rings. The Morgan fingerprint density at radius 1 is 1.14 bits per heavy atom. The van der Waals surface area contributed by atoms with Crippen LogP contribution in [0.25, 0.3) is 0 Å². The van der Waals surface area contributed by atoms with Gasteiger partial charge in [0.2, 0.25) is 0 Å². The SMILES string of the molecule is CCCCC[CH2][Ge]. The van der Waals surface area contributed by atoms with Crippen molar-refractivity contribution in [1.29, 1.82) is 0 Å². The number of unbranched alkanes of at least 4 members (excludes halogenated alkanes) is 3. The van der Waals surface area contributed by atoms with Crippen LogP contribution in [0.4, 0.5) is 0 Å². The molecule has 0 heterocycles. The molecule has 0 N–H and O–H groups in total. The van der Waals surface area contributed by atoms with Gasteiger partial charge in [0.05, 0.1) is 0 Å². The first-order valence-electron chi connectivity index (χ1n) is 3.06. The van der Waals surface area contributed by atoms with E-state index >= 15 is 0 Å². The van der Waals surface area contributed by atoms with Gasteiger partial charge in [0, 0.05) is 0 Å². The van der Waals surface area contributed by atoms with Gasteiger partial charge in [0.25, 0.3) is 0 Å². The van der Waals surface area contributed by atoms with Crippen LogP contribution in [0.15, 0.2) is 0 Å². The quantitative estimate of drug-likeness (QED) is 0.434. The van der Waals surface area contributed by atoms with Crippen LogP contribution in [0.5, 0.6) is 0 Å². The second-order valence-electron chi connectivity index (χ2n) is 1.81. The van der Waals surface area contributed by atoms with Crippen molar-refractivity contribution < 1.29 is 0 Å². The second-order valence-corrected chi connectivity index (χ2v) is 2.86. The molecule has 0 aliphatic carbocycles. The Kier molecular flexibility index (Phi) is 7.05. The molecule has 0 saturated carbocycles. The molecule has 0 saturated heterocycles. The summed E-state index contributed by atoms with van der Waals surface area (Å²) in [7, 11) is 0. The Hall–Kier alpha value is 0.543. The van der Waals surface area contributed by atoms with Gasteiger partial charge in [0.15, 0.2) is 0 Å². The van der Waals surface area contributed by atoms with Crippen LogP contribution in [0.3, 0.4) is 0 Å². The third-order valence-corrected chi connectivity index (χ3v) is 1.77. The van der Waals surface area contributed by atoms with Gasteiger partial charge in [-0.3, -0.25) is 0 Å². The molecule has 0 rings (SSSR count). The fourth-order valence-electron chi connectivity index (χ4n) is 0.552. The van der Waals surface area contributed by atoms with Crippen molar-refractivity contribution in [2.75, 3.05) is 0 Å². The molecule has 0 fully saturated rings. The summed E-state index contributed by atoms with van der Waals surface area (Å²) in [6, 6.07) is 0. The van der Waals surface area contributed by atoms with Crippen LogP contribution in [0.1, 0.15) is 32.6 Å². The third-order valence-electron chi connectivity index (χ3n) is 1.03. The fourth-order valence-corrected chi connectivity index (χ4v) is 1.08. The molecule has 0 aliphatic rings. The maximum absolute atomic E-state index is 2.25. The van der Waals surface area contributed by atoms with Gasteiger partial charge in [-0.2, -0.15) is 0 Å². The molecule has 1 heteroatoms. The predicted molar refractivity (Wildman–Crippen MR) is 34.7 cm³/mol. The average molecular weight is 158 g/mol. The molecule has 3 radical (unpaired) electrons. The molecule has 0 amide bonds. The summed E-state index contributed by atoms with van der Waals surface area (Å²) in [6.07, 6.45) is 5.65. The second kappa shape index (κ2) is 6.54. The monoisotopic (exact) mass is 159 g/mol. The number of hydrogen-bond acceptors (Lipinski definition) is 0. The van der Waals surface area contributed by atoms with Crippen LogP contribution >= 0.6 is 0 Å². The van der Waals surface area contributed by atoms with E-state index in [0.29, 0.717) is 0 Å². The normalized spacial score (nSPS) is 9.43. The van der Waals surface area contributed by atoms with Gasteiger partial charge in [-0.1, -0.05) is 0 Å². The van der Waals surface area contributed by atoms with Crippen LogP contribution in [0.2, 0.25) is 5.25 Å². The van der Waals surface area contributed by atoms with E-state index in [4.69, 9.17) is 0 Å². The Bertz CT molecular complexity index is 23.4. The fraction of sp³-hybridized carbons (Fsp3) is 1.00. The van der Waals surface area contributed by atoms with Crippen molar-refractivity contribution in [2.24, 2.45) is 0 Å². The molecule has 7 heavy (non-hydrogen) atoms. The molecule has 0 aliphatic heterocycles. The van der Waals surface area contributed by atoms with Crippen molar-refractivity contribution in [2.45, 2.75) is 37.9 Å². The van der Waals surface area contributed by atoms with Crippen molar-refractivity contribution >= 4 is 16.5 Å². The molecular formula is C6H13Ge. The van der Waals surface area contributed by atoms with E-state index in [1.54, 1.807) is 0 Å². The van der Waals surface area contributed by atoms with E-state index < -0.39 is 0 Å². The minimum atomic E-state index is 1.36. The summed E-state index contributed by atoms with van der Waals surface area (Å²) in [4.78, 5) is 0. The molecule has 41 valence electrons. The maximum atomic E-state index is 2.25. The number of rotatable bonds is 4. The van der Waals surface area contributed by atoms with Crippen molar-refractivity contribution in [3.63, 3.8) is 0 Å². The van der Waals surface area contributed by atoms with Crippen LogP contribution in [-0.2, 0) is 0 Å². The van der Waals surface area contributed by atoms with Gasteiger partial charge in [0.1, 0.15) is 0 Å². The molecule has 0 bridgehead atoms. The molecule has 0 atom stereocenters. The Morgan fingerprint density at radius 3 is 2.29 bits per heavy atom. The summed E-state index contributed by atoms with van der Waals surface area (Å²) < 4.78 is 0. The van der Waals surface area contributed by atoms with E-state index in [0.717, 1.165) is 0 Å². The first-order valence-corrected chi connectivity index (χ1v) is 4.54. The Labute approximate surface area is 54.9 Å². The van der Waals surface area contributed by atoms with Crippen LogP contribution in [0, 0.1) is 0 Å². The summed E-state index contributed by atoms with van der Waals surface area (Å²) in [5.74, 6) is 0. The Morgan fingerprint density at radius 2 is 1.86 bits per heavy atom. The van der Waals surface area contributed by atoms with Crippen LogP contribution < -0.4 is 0 Å². The Balaban J connectivity index is 2.45. The minimum absolute atomic E-state index is 1.36. The zero-order valence-electron chi connectivity index (χ0n) is 5.04. The van der Waals surface area contributed by atoms with E-state index in [-0.39, 0.29) is 0 Å². The first-order chi connectivity index (χ1) is 3.41. The standard InChI is InChI=1S/C6H13Ge/c1-2-3-4-5-6-7/h2-6H2,1H3. The summed E-state index contributed by atoms with van der Waals surface area (Å²) in [5.41, 5.74) is 0. The van der Waals surface area contributed by atoms with Gasteiger partial charge >= 0.3 is 54.4 Å². The van der Waals surface area contributed by atoms with Crippen LogP contribution in [-0.4, -0.2) is 16.5 Å². The molecule has 0 nitrogen and oxygen atoms in total. The third kappa shape index (κ3) is 6.54. The number of hydrogen-bond donors (Lipinski definition) is 0. The zero-order valence-corrected chi connectivity index (χ0v) is 7.13. The van der Waals surface area contributed by atoms with Gasteiger partial charge in [-0.15, -0.1) is 0 Å². The predicted octanol–water partition coefficient (Wildman–Crippen LogP) is 2.15. The van der Waals surface area contributed by atoms with Crippen molar-refractivity contribution in [3.8, 4) is 0 Å². The van der Waals surface area contributed by atoms with E-state index in [9.17, 15) is 0 Å². The molecule has 0 spiro atoms. The average Bonchev–Trinajstić information content (AvgIpc) is 1.69. The molecule has 0 aromatic heterocycles. The van der Waals surface area contributed by atoms with Crippen molar-refractivity contribution in [1.82, 2.24) is 0 Å². The summed E-state index contributed by atoms with van der Waals surface area (Å²) >= 11 is 2.25. The first kappa shape index (κ1) is 7.54. The molecule has 0 unspecified atom stereocenters. The van der Waals surface area contributed by atoms with Crippen molar-refractivity contribution in [3.05, 3.63) is 0 Å². The van der Waals surface area contributed by atoms with E-state index in [1.165, 1.54) is 30.9 Å². The molecular weight excluding hydrogens is 145 g/mol. The summed E-state index contributed by atoms with van der Waals surface area (Å²) in [6.45, 7) is 2.25. The van der Waals surface area contributed by atoms with Gasteiger partial charge in [-0.05, 0) is 0 Å². The summed E-state index contributed by atoms with van der Waals surface area (Å²) in [5, 5.41) is 1.36. The zero-order chi connectivity index (χ0) is 5.54. The van der Waals surface area contributed by atoms with Gasteiger partial charge < -0.3 is 0 Å². The van der Waals surface area contributed by atoms with E-state index in [2.05, 4.69) is 23.4 Å². The van der Waals surface area contributed by atoms with E-state index in [1.807, 2.05) is 0 Å². The molecule has 0 aromatic carbocycles. The topological polar surface area (TPSA) is 0 Å². The van der Waals surface area contributed by atoms with Gasteiger partial charge in [-0.25, -0.2) is 0 Å².